The normalized spacial score (nSPS) is 18.6. The number of carbonyl (C=O) groups is 3. The van der Waals surface area contributed by atoms with Gasteiger partial charge in [-0.05, 0) is 6.42 Å². The number of hydrogen-bond acceptors (Lipinski definition) is 3. The van der Waals surface area contributed by atoms with Gasteiger partial charge in [-0.25, -0.2) is 13.2 Å². The Balaban J connectivity index is 2.17. The van der Waals surface area contributed by atoms with Crippen LogP contribution < -0.4 is 10.6 Å². The second kappa shape index (κ2) is 5.32. The Morgan fingerprint density at radius 3 is 2.35 bits per heavy atom. The molecule has 0 saturated carbocycles. The van der Waals surface area contributed by atoms with Crippen LogP contribution >= 0.6 is 0 Å². The standard InChI is InChI=1S/C12H9F3N2O3/c13-5-3-6(14)10(7(15)4-5)12(20)16-8-1-2-9(18)17-11(8)19/h3-4,8H,1-2H2,(H,16,20)(H,17,18,19). The van der Waals surface area contributed by atoms with Crippen LogP contribution in [0.5, 0.6) is 0 Å². The first-order valence-corrected chi connectivity index (χ1v) is 5.67. The second-order valence-corrected chi connectivity index (χ2v) is 4.22. The highest BCUT2D eigenvalue weighted by atomic mass is 19.1. The monoisotopic (exact) mass is 286 g/mol. The number of halogens is 3. The van der Waals surface area contributed by atoms with Gasteiger partial charge in [0.15, 0.2) is 0 Å². The largest absolute Gasteiger partial charge is 0.340 e. The van der Waals surface area contributed by atoms with E-state index in [9.17, 15) is 27.6 Å². The number of benzene rings is 1. The molecular formula is C12H9F3N2O3. The van der Waals surface area contributed by atoms with Gasteiger partial charge in [0, 0.05) is 18.6 Å². The molecule has 1 aliphatic heterocycles. The van der Waals surface area contributed by atoms with Gasteiger partial charge < -0.3 is 5.32 Å². The van der Waals surface area contributed by atoms with Crippen LogP contribution in [-0.4, -0.2) is 23.8 Å². The number of imide groups is 1. The summed E-state index contributed by atoms with van der Waals surface area (Å²) in [6, 6.07) is -0.339. The lowest BCUT2D eigenvalue weighted by Crippen LogP contribution is -2.52. The van der Waals surface area contributed by atoms with E-state index in [1.807, 2.05) is 5.32 Å². The minimum Gasteiger partial charge on any atom is -0.340 e. The summed E-state index contributed by atoms with van der Waals surface area (Å²) in [4.78, 5) is 34.0. The summed E-state index contributed by atoms with van der Waals surface area (Å²) in [6.07, 6.45) is 0.0336. The highest BCUT2D eigenvalue weighted by molar-refractivity contribution is 6.03. The minimum atomic E-state index is -1.37. The van der Waals surface area contributed by atoms with Gasteiger partial charge in [-0.15, -0.1) is 0 Å². The predicted octanol–water partition coefficient (Wildman–Crippen LogP) is 0.639. The third-order valence-electron chi connectivity index (χ3n) is 2.78. The van der Waals surface area contributed by atoms with E-state index >= 15 is 0 Å². The van der Waals surface area contributed by atoms with Gasteiger partial charge in [0.25, 0.3) is 5.91 Å². The topological polar surface area (TPSA) is 75.3 Å². The molecular weight excluding hydrogens is 277 g/mol. The third kappa shape index (κ3) is 2.79. The maximum absolute atomic E-state index is 13.4. The summed E-state index contributed by atoms with van der Waals surface area (Å²) in [5, 5.41) is 4.09. The molecule has 1 saturated heterocycles. The Hall–Kier alpha value is -2.38. The molecule has 0 aromatic heterocycles. The quantitative estimate of drug-likeness (QED) is 0.783. The van der Waals surface area contributed by atoms with Crippen molar-refractivity contribution in [3.05, 3.63) is 35.1 Å². The van der Waals surface area contributed by atoms with Crippen LogP contribution in [0.15, 0.2) is 12.1 Å². The number of amides is 3. The highest BCUT2D eigenvalue weighted by Gasteiger charge is 2.29. The zero-order valence-corrected chi connectivity index (χ0v) is 10.0. The molecule has 8 heteroatoms. The summed E-state index contributed by atoms with van der Waals surface area (Å²) in [6.45, 7) is 0. The third-order valence-corrected chi connectivity index (χ3v) is 2.78. The molecule has 2 N–H and O–H groups in total. The van der Waals surface area contributed by atoms with Crippen molar-refractivity contribution in [3.63, 3.8) is 0 Å². The maximum atomic E-state index is 13.4. The van der Waals surface area contributed by atoms with E-state index < -0.39 is 46.8 Å². The Labute approximate surface area is 111 Å². The molecule has 0 radical (unpaired) electrons. The van der Waals surface area contributed by atoms with Crippen LogP contribution in [0.25, 0.3) is 0 Å². The van der Waals surface area contributed by atoms with Crippen LogP contribution in [0.1, 0.15) is 23.2 Å². The van der Waals surface area contributed by atoms with E-state index in [1.54, 1.807) is 0 Å². The van der Waals surface area contributed by atoms with Crippen LogP contribution in [-0.2, 0) is 9.59 Å². The van der Waals surface area contributed by atoms with Crippen LogP contribution in [0, 0.1) is 17.5 Å². The number of nitrogens with one attached hydrogen (secondary N) is 2. The first kappa shape index (κ1) is 14.0. The molecule has 1 heterocycles. The summed E-state index contributed by atoms with van der Waals surface area (Å²) >= 11 is 0. The smallest absolute Gasteiger partial charge is 0.257 e. The van der Waals surface area contributed by atoms with Gasteiger partial charge in [-0.3, -0.25) is 19.7 Å². The van der Waals surface area contributed by atoms with Crippen molar-refractivity contribution in [3.8, 4) is 0 Å². The highest BCUT2D eigenvalue weighted by Crippen LogP contribution is 2.15. The van der Waals surface area contributed by atoms with Crippen LogP contribution in [0.3, 0.4) is 0 Å². The molecule has 106 valence electrons. The van der Waals surface area contributed by atoms with Gasteiger partial charge in [-0.2, -0.15) is 0 Å². The summed E-state index contributed by atoms with van der Waals surface area (Å²) in [7, 11) is 0. The zero-order chi connectivity index (χ0) is 14.9. The van der Waals surface area contributed by atoms with Crippen molar-refractivity contribution in [1.82, 2.24) is 10.6 Å². The van der Waals surface area contributed by atoms with Gasteiger partial charge in [0.05, 0.1) is 0 Å². The Morgan fingerprint density at radius 1 is 1.20 bits per heavy atom. The average molecular weight is 286 g/mol. The number of hydrogen-bond donors (Lipinski definition) is 2. The Morgan fingerprint density at radius 2 is 1.80 bits per heavy atom. The minimum absolute atomic E-state index is 0.00503. The summed E-state index contributed by atoms with van der Waals surface area (Å²) in [5.41, 5.74) is -0.976. The second-order valence-electron chi connectivity index (χ2n) is 4.22. The van der Waals surface area contributed by atoms with E-state index in [1.165, 1.54) is 0 Å². The van der Waals surface area contributed by atoms with E-state index in [2.05, 4.69) is 5.32 Å². The van der Waals surface area contributed by atoms with Crippen molar-refractivity contribution in [2.75, 3.05) is 0 Å². The van der Waals surface area contributed by atoms with E-state index in [0.717, 1.165) is 0 Å². The van der Waals surface area contributed by atoms with Crippen molar-refractivity contribution in [2.45, 2.75) is 18.9 Å². The number of rotatable bonds is 2. The van der Waals surface area contributed by atoms with E-state index in [4.69, 9.17) is 0 Å². The first-order valence-electron chi connectivity index (χ1n) is 5.67. The van der Waals surface area contributed by atoms with Crippen molar-refractivity contribution in [2.24, 2.45) is 0 Å². The molecule has 0 bridgehead atoms. The summed E-state index contributed by atoms with van der Waals surface area (Å²) in [5.74, 6) is -6.32. The fraction of sp³-hybridized carbons (Fsp3) is 0.250. The number of piperidine rings is 1. The molecule has 0 aliphatic carbocycles. The van der Waals surface area contributed by atoms with E-state index in [0.29, 0.717) is 12.1 Å². The molecule has 20 heavy (non-hydrogen) atoms. The molecule has 1 aromatic carbocycles. The van der Waals surface area contributed by atoms with Crippen molar-refractivity contribution < 1.29 is 27.6 Å². The molecule has 0 spiro atoms. The zero-order valence-electron chi connectivity index (χ0n) is 10.0. The van der Waals surface area contributed by atoms with Gasteiger partial charge in [0.2, 0.25) is 11.8 Å². The SMILES string of the molecule is O=C1CCC(NC(=O)c2c(F)cc(F)cc2F)C(=O)N1. The Bertz CT molecular complexity index is 581. The van der Waals surface area contributed by atoms with Gasteiger partial charge in [-0.1, -0.05) is 0 Å². The lowest BCUT2D eigenvalue weighted by molar-refractivity contribution is -0.134. The van der Waals surface area contributed by atoms with Gasteiger partial charge >= 0.3 is 0 Å². The summed E-state index contributed by atoms with van der Waals surface area (Å²) < 4.78 is 39.5. The molecule has 1 fully saturated rings. The number of carbonyl (C=O) groups excluding carboxylic acids is 3. The Kier molecular flexibility index (Phi) is 3.73. The predicted molar refractivity (Wildman–Crippen MR) is 60.0 cm³/mol. The fourth-order valence-corrected chi connectivity index (χ4v) is 1.82. The van der Waals surface area contributed by atoms with Crippen molar-refractivity contribution >= 4 is 17.7 Å². The molecule has 1 atom stereocenters. The van der Waals surface area contributed by atoms with Crippen LogP contribution in [0.4, 0.5) is 13.2 Å². The first-order chi connectivity index (χ1) is 9.38. The average Bonchev–Trinajstić information content (AvgIpc) is 2.31. The molecule has 1 unspecified atom stereocenters. The van der Waals surface area contributed by atoms with Crippen molar-refractivity contribution in [1.29, 1.82) is 0 Å². The maximum Gasteiger partial charge on any atom is 0.257 e. The van der Waals surface area contributed by atoms with Crippen LogP contribution in [0.2, 0.25) is 0 Å². The molecule has 5 nitrogen and oxygen atoms in total. The van der Waals surface area contributed by atoms with E-state index in [-0.39, 0.29) is 12.8 Å². The molecule has 1 aliphatic rings. The molecule has 3 amide bonds. The molecule has 1 aromatic rings. The lowest BCUT2D eigenvalue weighted by Gasteiger charge is -2.21. The van der Waals surface area contributed by atoms with Gasteiger partial charge in [0.1, 0.15) is 29.1 Å². The fourth-order valence-electron chi connectivity index (χ4n) is 1.82. The molecule has 2 rings (SSSR count). The lowest BCUT2D eigenvalue weighted by atomic mass is 10.1.